The molecule has 0 spiro atoms. The molecule has 0 aliphatic heterocycles. The molecule has 2 aliphatic carbocycles. The fraction of sp³-hybridized carbons (Fsp3) is 0.667. The molecule has 1 aromatic rings. The third kappa shape index (κ3) is 3.20. The molecule has 104 valence electrons. The molecule has 0 radical (unpaired) electrons. The van der Waals surface area contributed by atoms with Crippen molar-refractivity contribution in [2.75, 3.05) is 0 Å². The summed E-state index contributed by atoms with van der Waals surface area (Å²) in [5, 5.41) is 3.96. The lowest BCUT2D eigenvalue weighted by atomic mass is 9.95. The van der Waals surface area contributed by atoms with E-state index in [1.54, 1.807) is 0 Å². The predicted molar refractivity (Wildman–Crippen MR) is 81.2 cm³/mol. The summed E-state index contributed by atoms with van der Waals surface area (Å²) >= 11 is 0. The van der Waals surface area contributed by atoms with Gasteiger partial charge in [0, 0.05) is 12.1 Å². The first kappa shape index (κ1) is 13.2. The Hall–Kier alpha value is -0.820. The van der Waals surface area contributed by atoms with Crippen molar-refractivity contribution in [2.45, 2.75) is 64.5 Å². The Morgan fingerprint density at radius 3 is 2.16 bits per heavy atom. The van der Waals surface area contributed by atoms with E-state index in [-0.39, 0.29) is 0 Å². The van der Waals surface area contributed by atoms with Gasteiger partial charge in [-0.15, -0.1) is 0 Å². The van der Waals surface area contributed by atoms with Crippen molar-refractivity contribution >= 4 is 0 Å². The van der Waals surface area contributed by atoms with Crippen molar-refractivity contribution in [3.05, 3.63) is 35.4 Å². The standard InChI is InChI=1S/C18H27N/c1-13-7-9-16(10-8-13)18(17-11-12-17)19-14(2)15-5-3-4-6-15/h7-10,14-15,17-19H,3-6,11-12H2,1-2H3/t14-,18?/m1/s1. The van der Waals surface area contributed by atoms with E-state index < -0.39 is 0 Å². The van der Waals surface area contributed by atoms with Crippen LogP contribution in [0.1, 0.15) is 62.6 Å². The van der Waals surface area contributed by atoms with Crippen molar-refractivity contribution < 1.29 is 0 Å². The van der Waals surface area contributed by atoms with Crippen molar-refractivity contribution in [1.82, 2.24) is 5.32 Å². The van der Waals surface area contributed by atoms with Gasteiger partial charge in [-0.3, -0.25) is 0 Å². The molecule has 0 heterocycles. The zero-order chi connectivity index (χ0) is 13.2. The first-order chi connectivity index (χ1) is 9.24. The molecule has 1 unspecified atom stereocenters. The highest BCUT2D eigenvalue weighted by atomic mass is 15.0. The lowest BCUT2D eigenvalue weighted by Crippen LogP contribution is -2.36. The number of aryl methyl sites for hydroxylation is 1. The van der Waals surface area contributed by atoms with Gasteiger partial charge in [-0.1, -0.05) is 42.7 Å². The Labute approximate surface area is 117 Å². The SMILES string of the molecule is Cc1ccc(C(N[C@H](C)C2CCCC2)C2CC2)cc1. The summed E-state index contributed by atoms with van der Waals surface area (Å²) in [6, 6.07) is 10.4. The van der Waals surface area contributed by atoms with Gasteiger partial charge in [0.15, 0.2) is 0 Å². The molecule has 3 rings (SSSR count). The predicted octanol–water partition coefficient (Wildman–Crippen LogP) is 4.61. The van der Waals surface area contributed by atoms with Gasteiger partial charge in [-0.2, -0.15) is 0 Å². The number of nitrogens with one attached hydrogen (secondary N) is 1. The Bertz CT molecular complexity index is 398. The van der Waals surface area contributed by atoms with Crippen LogP contribution in [-0.2, 0) is 0 Å². The zero-order valence-corrected chi connectivity index (χ0v) is 12.4. The van der Waals surface area contributed by atoms with Gasteiger partial charge in [0.1, 0.15) is 0 Å². The van der Waals surface area contributed by atoms with E-state index in [0.29, 0.717) is 12.1 Å². The molecule has 0 saturated heterocycles. The molecule has 0 aromatic heterocycles. The van der Waals surface area contributed by atoms with E-state index >= 15 is 0 Å². The number of rotatable bonds is 5. The normalized spacial score (nSPS) is 23.5. The summed E-state index contributed by atoms with van der Waals surface area (Å²) < 4.78 is 0. The summed E-state index contributed by atoms with van der Waals surface area (Å²) in [7, 11) is 0. The van der Waals surface area contributed by atoms with Crippen LogP contribution in [0.15, 0.2) is 24.3 Å². The maximum atomic E-state index is 3.96. The van der Waals surface area contributed by atoms with E-state index in [1.807, 2.05) is 0 Å². The van der Waals surface area contributed by atoms with E-state index in [4.69, 9.17) is 0 Å². The molecule has 2 atom stereocenters. The van der Waals surface area contributed by atoms with Crippen molar-refractivity contribution in [2.24, 2.45) is 11.8 Å². The lowest BCUT2D eigenvalue weighted by Gasteiger charge is -2.27. The molecular weight excluding hydrogens is 230 g/mol. The Balaban J connectivity index is 1.68. The Kier molecular flexibility index (Phi) is 3.93. The van der Waals surface area contributed by atoms with Crippen LogP contribution in [0.3, 0.4) is 0 Å². The molecule has 1 heteroatoms. The average molecular weight is 257 g/mol. The van der Waals surface area contributed by atoms with E-state index in [1.165, 1.54) is 49.7 Å². The van der Waals surface area contributed by atoms with Crippen LogP contribution in [0.5, 0.6) is 0 Å². The summed E-state index contributed by atoms with van der Waals surface area (Å²) in [6.45, 7) is 4.57. The van der Waals surface area contributed by atoms with Gasteiger partial charge in [-0.05, 0) is 56.9 Å². The smallest absolute Gasteiger partial charge is 0.0351 e. The van der Waals surface area contributed by atoms with Crippen LogP contribution in [0, 0.1) is 18.8 Å². The van der Waals surface area contributed by atoms with Gasteiger partial charge in [-0.25, -0.2) is 0 Å². The van der Waals surface area contributed by atoms with Crippen LogP contribution < -0.4 is 5.32 Å². The minimum absolute atomic E-state index is 0.594. The second-order valence-corrected chi connectivity index (χ2v) is 6.73. The second-order valence-electron chi connectivity index (χ2n) is 6.73. The highest BCUT2D eigenvalue weighted by molar-refractivity contribution is 5.25. The highest BCUT2D eigenvalue weighted by Crippen LogP contribution is 2.42. The summed E-state index contributed by atoms with van der Waals surface area (Å²) in [6.07, 6.45) is 8.55. The van der Waals surface area contributed by atoms with E-state index in [2.05, 4.69) is 43.4 Å². The summed E-state index contributed by atoms with van der Waals surface area (Å²) in [5.74, 6) is 1.79. The molecule has 19 heavy (non-hydrogen) atoms. The van der Waals surface area contributed by atoms with Crippen molar-refractivity contribution in [3.63, 3.8) is 0 Å². The summed E-state index contributed by atoms with van der Waals surface area (Å²) in [4.78, 5) is 0. The zero-order valence-electron chi connectivity index (χ0n) is 12.4. The van der Waals surface area contributed by atoms with E-state index in [9.17, 15) is 0 Å². The molecule has 0 amide bonds. The van der Waals surface area contributed by atoms with Gasteiger partial charge < -0.3 is 5.32 Å². The van der Waals surface area contributed by atoms with Crippen LogP contribution in [-0.4, -0.2) is 6.04 Å². The van der Waals surface area contributed by atoms with Crippen molar-refractivity contribution in [3.8, 4) is 0 Å². The molecule has 1 N–H and O–H groups in total. The molecule has 2 fully saturated rings. The fourth-order valence-corrected chi connectivity index (χ4v) is 3.58. The molecule has 2 saturated carbocycles. The maximum absolute atomic E-state index is 3.96. The quantitative estimate of drug-likeness (QED) is 0.812. The molecule has 1 aromatic carbocycles. The number of hydrogen-bond acceptors (Lipinski definition) is 1. The third-order valence-corrected chi connectivity index (χ3v) is 5.08. The number of hydrogen-bond donors (Lipinski definition) is 1. The molecule has 1 nitrogen and oxygen atoms in total. The highest BCUT2D eigenvalue weighted by Gasteiger charge is 2.34. The van der Waals surface area contributed by atoms with Gasteiger partial charge >= 0.3 is 0 Å². The molecular formula is C18H27N. The largest absolute Gasteiger partial charge is 0.307 e. The lowest BCUT2D eigenvalue weighted by molar-refractivity contribution is 0.327. The third-order valence-electron chi connectivity index (χ3n) is 5.08. The van der Waals surface area contributed by atoms with Gasteiger partial charge in [0.05, 0.1) is 0 Å². The van der Waals surface area contributed by atoms with Gasteiger partial charge in [0.2, 0.25) is 0 Å². The second kappa shape index (κ2) is 5.66. The van der Waals surface area contributed by atoms with Gasteiger partial charge in [0.25, 0.3) is 0 Å². The fourth-order valence-electron chi connectivity index (χ4n) is 3.58. The van der Waals surface area contributed by atoms with Crippen molar-refractivity contribution in [1.29, 1.82) is 0 Å². The maximum Gasteiger partial charge on any atom is 0.0351 e. The first-order valence-corrected chi connectivity index (χ1v) is 8.06. The minimum Gasteiger partial charge on any atom is -0.307 e. The van der Waals surface area contributed by atoms with Crippen LogP contribution >= 0.6 is 0 Å². The topological polar surface area (TPSA) is 12.0 Å². The Morgan fingerprint density at radius 2 is 1.58 bits per heavy atom. The first-order valence-electron chi connectivity index (χ1n) is 8.06. The molecule has 2 aliphatic rings. The summed E-state index contributed by atoms with van der Waals surface area (Å²) in [5.41, 5.74) is 2.86. The van der Waals surface area contributed by atoms with Crippen LogP contribution in [0.2, 0.25) is 0 Å². The number of benzene rings is 1. The van der Waals surface area contributed by atoms with E-state index in [0.717, 1.165) is 11.8 Å². The Morgan fingerprint density at radius 1 is 0.947 bits per heavy atom. The average Bonchev–Trinajstić information content (AvgIpc) is 3.10. The minimum atomic E-state index is 0.594. The van der Waals surface area contributed by atoms with Crippen LogP contribution in [0.25, 0.3) is 0 Å². The van der Waals surface area contributed by atoms with Crippen LogP contribution in [0.4, 0.5) is 0 Å². The monoisotopic (exact) mass is 257 g/mol. The molecule has 0 bridgehead atoms.